The average molecular weight is 355 g/mol. The van der Waals surface area contributed by atoms with Crippen molar-refractivity contribution in [2.45, 2.75) is 20.8 Å². The van der Waals surface area contributed by atoms with E-state index in [9.17, 15) is 19.2 Å². The number of ether oxygens (including phenoxy) is 1. The second-order valence-corrected chi connectivity index (χ2v) is 5.88. The number of likely N-dealkylation sites (N-methyl/N-ethyl adjacent to an activating group) is 1. The van der Waals surface area contributed by atoms with Crippen LogP contribution in [0.2, 0.25) is 0 Å². The number of nitrogens with one attached hydrogen (secondary N) is 3. The molecule has 132 valence electrons. The predicted octanol–water partition coefficient (Wildman–Crippen LogP) is 0.710. The second-order valence-electron chi connectivity index (χ2n) is 4.86. The van der Waals surface area contributed by atoms with Crippen LogP contribution in [0.25, 0.3) is 0 Å². The van der Waals surface area contributed by atoms with E-state index in [4.69, 9.17) is 4.74 Å². The molecule has 0 radical (unpaired) electrons. The third kappa shape index (κ3) is 5.14. The van der Waals surface area contributed by atoms with Crippen LogP contribution in [0, 0.1) is 6.92 Å². The molecular formula is C15H21N3O5S. The van der Waals surface area contributed by atoms with Crippen molar-refractivity contribution in [1.82, 2.24) is 10.6 Å². The van der Waals surface area contributed by atoms with Crippen molar-refractivity contribution in [1.29, 1.82) is 0 Å². The lowest BCUT2D eigenvalue weighted by molar-refractivity contribution is -0.120. The van der Waals surface area contributed by atoms with Gasteiger partial charge in [0.1, 0.15) is 5.00 Å². The van der Waals surface area contributed by atoms with Crippen LogP contribution < -0.4 is 16.0 Å². The molecule has 0 aliphatic rings. The largest absolute Gasteiger partial charge is 0.462 e. The maximum Gasteiger partial charge on any atom is 0.341 e. The summed E-state index contributed by atoms with van der Waals surface area (Å²) in [4.78, 5) is 47.2. The number of esters is 1. The smallest absolute Gasteiger partial charge is 0.341 e. The van der Waals surface area contributed by atoms with Crippen LogP contribution in [0.15, 0.2) is 0 Å². The van der Waals surface area contributed by atoms with Crippen LogP contribution in [0.3, 0.4) is 0 Å². The number of carbonyl (C=O) groups is 4. The highest BCUT2D eigenvalue weighted by Crippen LogP contribution is 2.34. The summed E-state index contributed by atoms with van der Waals surface area (Å²) in [5.74, 6) is -1.46. The molecule has 24 heavy (non-hydrogen) atoms. The van der Waals surface area contributed by atoms with Crippen LogP contribution in [-0.2, 0) is 14.3 Å². The molecule has 9 heteroatoms. The van der Waals surface area contributed by atoms with E-state index in [0.717, 1.165) is 11.3 Å². The van der Waals surface area contributed by atoms with Gasteiger partial charge in [-0.05, 0) is 26.3 Å². The fraction of sp³-hybridized carbons (Fsp3) is 0.467. The topological polar surface area (TPSA) is 114 Å². The second kappa shape index (κ2) is 9.14. The highest BCUT2D eigenvalue weighted by Gasteiger charge is 2.25. The maximum absolute atomic E-state index is 12.1. The third-order valence-electron chi connectivity index (χ3n) is 3.05. The van der Waals surface area contributed by atoms with Gasteiger partial charge < -0.3 is 15.4 Å². The number of amides is 2. The minimum atomic E-state index is -0.590. The van der Waals surface area contributed by atoms with Gasteiger partial charge >= 0.3 is 5.97 Å². The van der Waals surface area contributed by atoms with Gasteiger partial charge in [-0.15, -0.1) is 11.3 Å². The van der Waals surface area contributed by atoms with Gasteiger partial charge in [0, 0.05) is 7.05 Å². The first-order chi connectivity index (χ1) is 11.3. The molecule has 1 rings (SSSR count). The van der Waals surface area contributed by atoms with Gasteiger partial charge in [0.15, 0.2) is 5.78 Å². The molecule has 1 aromatic rings. The fourth-order valence-corrected chi connectivity index (χ4v) is 3.04. The lowest BCUT2D eigenvalue weighted by Crippen LogP contribution is -2.36. The number of hydrogen-bond acceptors (Lipinski definition) is 7. The van der Waals surface area contributed by atoms with Crippen molar-refractivity contribution in [2.24, 2.45) is 0 Å². The van der Waals surface area contributed by atoms with Crippen molar-refractivity contribution in [3.05, 3.63) is 16.0 Å². The zero-order valence-electron chi connectivity index (χ0n) is 14.1. The minimum Gasteiger partial charge on any atom is -0.462 e. The summed E-state index contributed by atoms with van der Waals surface area (Å²) in [6, 6.07) is 0. The van der Waals surface area contributed by atoms with E-state index in [0.29, 0.717) is 10.4 Å². The molecule has 0 atom stereocenters. The summed E-state index contributed by atoms with van der Waals surface area (Å²) in [7, 11) is 1.49. The number of thiophene rings is 1. The van der Waals surface area contributed by atoms with E-state index in [1.165, 1.54) is 14.0 Å². The van der Waals surface area contributed by atoms with Crippen LogP contribution in [0.1, 0.15) is 39.4 Å². The molecule has 0 spiro atoms. The zero-order valence-corrected chi connectivity index (χ0v) is 14.9. The van der Waals surface area contributed by atoms with E-state index in [1.807, 2.05) is 0 Å². The Morgan fingerprint density at radius 3 is 2.29 bits per heavy atom. The molecule has 8 nitrogen and oxygen atoms in total. The maximum atomic E-state index is 12.1. The van der Waals surface area contributed by atoms with Crippen LogP contribution >= 0.6 is 11.3 Å². The van der Waals surface area contributed by atoms with Crippen molar-refractivity contribution in [2.75, 3.05) is 32.1 Å². The van der Waals surface area contributed by atoms with E-state index in [1.54, 1.807) is 13.8 Å². The standard InChI is InChI=1S/C15H21N3O5S/c1-5-23-15(22)12-8(2)13(9(3)19)24-14(12)18-11(21)7-17-6-10(20)16-4/h17H,5-7H2,1-4H3,(H,16,20)(H,18,21). The number of hydrogen-bond donors (Lipinski definition) is 3. The number of rotatable bonds is 8. The van der Waals surface area contributed by atoms with Gasteiger partial charge in [0.2, 0.25) is 11.8 Å². The highest BCUT2D eigenvalue weighted by molar-refractivity contribution is 7.18. The Morgan fingerprint density at radius 1 is 1.12 bits per heavy atom. The molecule has 0 fully saturated rings. The first-order valence-corrected chi connectivity index (χ1v) is 8.16. The number of Topliss-reactive ketones (excluding diaryl/α,β-unsaturated/α-hetero) is 1. The number of anilines is 1. The Balaban J connectivity index is 2.91. The molecule has 3 N–H and O–H groups in total. The van der Waals surface area contributed by atoms with Gasteiger partial charge in [-0.25, -0.2) is 4.79 Å². The quantitative estimate of drug-likeness (QED) is 0.467. The van der Waals surface area contributed by atoms with E-state index >= 15 is 0 Å². The van der Waals surface area contributed by atoms with Crippen molar-refractivity contribution in [3.8, 4) is 0 Å². The van der Waals surface area contributed by atoms with Crippen LogP contribution in [0.5, 0.6) is 0 Å². The van der Waals surface area contributed by atoms with Gasteiger partial charge in [0.05, 0.1) is 30.1 Å². The Labute approximate surface area is 143 Å². The SMILES string of the molecule is CCOC(=O)c1c(NC(=O)CNCC(=O)NC)sc(C(C)=O)c1C. The summed E-state index contributed by atoms with van der Waals surface area (Å²) in [6.45, 7) is 4.78. The van der Waals surface area contributed by atoms with Crippen LogP contribution in [0.4, 0.5) is 5.00 Å². The lowest BCUT2D eigenvalue weighted by atomic mass is 10.1. The van der Waals surface area contributed by atoms with Crippen molar-refractivity contribution in [3.63, 3.8) is 0 Å². The van der Waals surface area contributed by atoms with E-state index < -0.39 is 11.9 Å². The summed E-state index contributed by atoms with van der Waals surface area (Å²) in [5.41, 5.74) is 0.672. The average Bonchev–Trinajstić information content (AvgIpc) is 2.83. The Hall–Kier alpha value is -2.26. The molecule has 0 bridgehead atoms. The summed E-state index contributed by atoms with van der Waals surface area (Å²) in [5, 5.41) is 7.95. The monoisotopic (exact) mass is 355 g/mol. The third-order valence-corrected chi connectivity index (χ3v) is 4.36. The van der Waals surface area contributed by atoms with E-state index in [-0.39, 0.29) is 42.0 Å². The molecule has 0 aromatic carbocycles. The molecule has 0 saturated carbocycles. The lowest BCUT2D eigenvalue weighted by Gasteiger charge is -2.07. The number of ketones is 1. The molecule has 0 aliphatic carbocycles. The van der Waals surface area contributed by atoms with Crippen molar-refractivity contribution >= 4 is 39.9 Å². The Morgan fingerprint density at radius 2 is 1.75 bits per heavy atom. The normalized spacial score (nSPS) is 10.2. The Bertz CT molecular complexity index is 654. The summed E-state index contributed by atoms with van der Waals surface area (Å²) >= 11 is 1.03. The van der Waals surface area contributed by atoms with Gasteiger partial charge in [-0.3, -0.25) is 19.7 Å². The first-order valence-electron chi connectivity index (χ1n) is 7.34. The minimum absolute atomic E-state index is 0.00316. The zero-order chi connectivity index (χ0) is 18.3. The summed E-state index contributed by atoms with van der Waals surface area (Å²) in [6.07, 6.45) is 0. The fourth-order valence-electron chi connectivity index (χ4n) is 1.94. The molecule has 0 saturated heterocycles. The van der Waals surface area contributed by atoms with Gasteiger partial charge in [0.25, 0.3) is 0 Å². The first kappa shape index (κ1) is 19.8. The van der Waals surface area contributed by atoms with Gasteiger partial charge in [-0.2, -0.15) is 0 Å². The molecular weight excluding hydrogens is 334 g/mol. The van der Waals surface area contributed by atoms with Crippen molar-refractivity contribution < 1.29 is 23.9 Å². The summed E-state index contributed by atoms with van der Waals surface area (Å²) < 4.78 is 4.99. The molecule has 0 aliphatic heterocycles. The van der Waals surface area contributed by atoms with Crippen LogP contribution in [-0.4, -0.2) is 50.3 Å². The molecule has 1 heterocycles. The highest BCUT2D eigenvalue weighted by atomic mass is 32.1. The predicted molar refractivity (Wildman–Crippen MR) is 90.6 cm³/mol. The Kier molecular flexibility index (Phi) is 7.53. The van der Waals surface area contributed by atoms with E-state index in [2.05, 4.69) is 16.0 Å². The molecule has 1 aromatic heterocycles. The molecule has 0 unspecified atom stereocenters. The molecule has 2 amide bonds. The number of carbonyl (C=O) groups excluding carboxylic acids is 4. The van der Waals surface area contributed by atoms with Gasteiger partial charge in [-0.1, -0.05) is 0 Å².